The molecular formula is C17H20N2O4. The van der Waals surface area contributed by atoms with E-state index in [1.165, 1.54) is 0 Å². The Labute approximate surface area is 134 Å². The number of amides is 1. The highest BCUT2D eigenvalue weighted by atomic mass is 16.5. The summed E-state index contributed by atoms with van der Waals surface area (Å²) in [7, 11) is 1.62. The zero-order valence-electron chi connectivity index (χ0n) is 13.1. The van der Waals surface area contributed by atoms with E-state index in [1.807, 2.05) is 35.0 Å². The zero-order chi connectivity index (χ0) is 16.4. The maximum absolute atomic E-state index is 12.5. The van der Waals surface area contributed by atoms with Gasteiger partial charge in [-0.05, 0) is 37.1 Å². The minimum absolute atomic E-state index is 0.0377. The quantitative estimate of drug-likeness (QED) is 0.936. The van der Waals surface area contributed by atoms with E-state index < -0.39 is 11.9 Å². The van der Waals surface area contributed by atoms with E-state index in [-0.39, 0.29) is 12.5 Å². The summed E-state index contributed by atoms with van der Waals surface area (Å²) in [5.74, 6) is -0.523. The number of hydrogen-bond acceptors (Lipinski definition) is 3. The predicted molar refractivity (Wildman–Crippen MR) is 85.4 cm³/mol. The Kier molecular flexibility index (Phi) is 4.23. The van der Waals surface area contributed by atoms with Crippen LogP contribution in [0.25, 0.3) is 10.9 Å². The molecule has 0 unspecified atom stereocenters. The highest BCUT2D eigenvalue weighted by Gasteiger charge is 2.28. The molecule has 0 saturated carbocycles. The molecule has 122 valence electrons. The van der Waals surface area contributed by atoms with Gasteiger partial charge >= 0.3 is 5.97 Å². The van der Waals surface area contributed by atoms with Crippen molar-refractivity contribution in [2.45, 2.75) is 19.4 Å². The van der Waals surface area contributed by atoms with Crippen LogP contribution in [0.15, 0.2) is 30.5 Å². The molecule has 1 amide bonds. The number of carbonyl (C=O) groups excluding carboxylic acids is 1. The molecule has 1 aliphatic heterocycles. The summed E-state index contributed by atoms with van der Waals surface area (Å²) in [5.41, 5.74) is 0.964. The van der Waals surface area contributed by atoms with Crippen LogP contribution < -0.4 is 4.74 Å². The lowest BCUT2D eigenvalue weighted by Crippen LogP contribution is -2.43. The molecule has 0 aliphatic carbocycles. The lowest BCUT2D eigenvalue weighted by Gasteiger charge is -2.30. The number of piperidine rings is 1. The van der Waals surface area contributed by atoms with Crippen molar-refractivity contribution in [3.05, 3.63) is 30.5 Å². The molecule has 2 heterocycles. The summed E-state index contributed by atoms with van der Waals surface area (Å²) >= 11 is 0. The Morgan fingerprint density at radius 2 is 2.17 bits per heavy atom. The van der Waals surface area contributed by atoms with E-state index in [9.17, 15) is 9.59 Å². The number of aromatic nitrogens is 1. The Morgan fingerprint density at radius 3 is 2.91 bits per heavy atom. The van der Waals surface area contributed by atoms with Crippen LogP contribution in [0.3, 0.4) is 0 Å². The second-order valence-electron chi connectivity index (χ2n) is 5.89. The molecular weight excluding hydrogens is 296 g/mol. The Balaban J connectivity index is 1.74. The van der Waals surface area contributed by atoms with Crippen LogP contribution >= 0.6 is 0 Å². The monoisotopic (exact) mass is 316 g/mol. The summed E-state index contributed by atoms with van der Waals surface area (Å²) in [6.45, 7) is 1.17. The van der Waals surface area contributed by atoms with Crippen LogP contribution in [-0.4, -0.2) is 46.6 Å². The third-order valence-corrected chi connectivity index (χ3v) is 4.41. The lowest BCUT2D eigenvalue weighted by molar-refractivity contribution is -0.145. The van der Waals surface area contributed by atoms with Crippen LogP contribution in [-0.2, 0) is 16.1 Å². The molecule has 1 saturated heterocycles. The van der Waals surface area contributed by atoms with Gasteiger partial charge in [0.25, 0.3) is 0 Å². The summed E-state index contributed by atoms with van der Waals surface area (Å²) in [5, 5.41) is 10.1. The number of rotatable bonds is 4. The largest absolute Gasteiger partial charge is 0.497 e. The third kappa shape index (κ3) is 3.16. The predicted octanol–water partition coefficient (Wildman–Crippen LogP) is 1.97. The number of nitrogens with zero attached hydrogens (tertiary/aromatic N) is 2. The fraction of sp³-hybridized carbons (Fsp3) is 0.412. The summed E-state index contributed by atoms with van der Waals surface area (Å²) in [6.07, 6.45) is 3.26. The average Bonchev–Trinajstić information content (AvgIpc) is 2.97. The highest BCUT2D eigenvalue weighted by molar-refractivity contribution is 5.84. The van der Waals surface area contributed by atoms with Crippen LogP contribution in [0.2, 0.25) is 0 Å². The summed E-state index contributed by atoms with van der Waals surface area (Å²) in [4.78, 5) is 25.3. The average molecular weight is 316 g/mol. The van der Waals surface area contributed by atoms with Gasteiger partial charge in [0.15, 0.2) is 0 Å². The highest BCUT2D eigenvalue weighted by Crippen LogP contribution is 2.22. The Hall–Kier alpha value is -2.50. The van der Waals surface area contributed by atoms with E-state index >= 15 is 0 Å². The molecule has 1 N–H and O–H groups in total. The van der Waals surface area contributed by atoms with Crippen LogP contribution in [0.1, 0.15) is 12.8 Å². The number of benzene rings is 1. The first-order valence-electron chi connectivity index (χ1n) is 7.72. The number of methoxy groups -OCH3 is 1. The third-order valence-electron chi connectivity index (χ3n) is 4.41. The maximum atomic E-state index is 12.5. The molecule has 1 aliphatic rings. The number of ether oxygens (including phenoxy) is 1. The first-order valence-corrected chi connectivity index (χ1v) is 7.72. The molecule has 6 heteroatoms. The summed E-state index contributed by atoms with van der Waals surface area (Å²) < 4.78 is 7.09. The number of fused-ring (bicyclic) bond motifs is 1. The minimum atomic E-state index is -0.819. The standard InChI is InChI=1S/C17H20N2O4/c1-23-14-4-5-15-12(9-14)6-8-18(15)11-16(20)19-7-2-3-13(10-19)17(21)22/h4-6,8-9,13H,2-3,7,10-11H2,1H3,(H,21,22)/t13-/m0/s1. The number of hydrogen-bond donors (Lipinski definition) is 1. The van der Waals surface area contributed by atoms with Crippen molar-refractivity contribution in [1.82, 2.24) is 9.47 Å². The van der Waals surface area contributed by atoms with Crippen molar-refractivity contribution >= 4 is 22.8 Å². The van der Waals surface area contributed by atoms with E-state index in [0.29, 0.717) is 19.5 Å². The number of carboxylic acid groups (broad SMARTS) is 1. The second kappa shape index (κ2) is 6.32. The van der Waals surface area contributed by atoms with Crippen molar-refractivity contribution in [3.63, 3.8) is 0 Å². The van der Waals surface area contributed by atoms with Crippen LogP contribution in [0, 0.1) is 5.92 Å². The molecule has 0 bridgehead atoms. The first kappa shape index (κ1) is 15.4. The number of carbonyl (C=O) groups is 2. The van der Waals surface area contributed by atoms with Gasteiger partial charge in [-0.25, -0.2) is 0 Å². The molecule has 1 aromatic carbocycles. The lowest BCUT2D eigenvalue weighted by atomic mass is 9.98. The minimum Gasteiger partial charge on any atom is -0.497 e. The van der Waals surface area contributed by atoms with Crippen LogP contribution in [0.5, 0.6) is 5.75 Å². The molecule has 0 spiro atoms. The molecule has 0 radical (unpaired) electrons. The van der Waals surface area contributed by atoms with Crippen molar-refractivity contribution in [2.75, 3.05) is 20.2 Å². The van der Waals surface area contributed by atoms with Gasteiger partial charge in [-0.3, -0.25) is 9.59 Å². The van der Waals surface area contributed by atoms with Gasteiger partial charge < -0.3 is 19.3 Å². The topological polar surface area (TPSA) is 71.8 Å². The number of likely N-dealkylation sites (tertiary alicyclic amines) is 1. The molecule has 1 aromatic heterocycles. The number of aliphatic carboxylic acids is 1. The normalized spacial score (nSPS) is 18.1. The van der Waals surface area contributed by atoms with Gasteiger partial charge in [0.05, 0.1) is 13.0 Å². The zero-order valence-corrected chi connectivity index (χ0v) is 13.1. The van der Waals surface area contributed by atoms with E-state index in [1.54, 1.807) is 12.0 Å². The van der Waals surface area contributed by atoms with Gasteiger partial charge in [-0.1, -0.05) is 0 Å². The fourth-order valence-electron chi connectivity index (χ4n) is 3.09. The van der Waals surface area contributed by atoms with Crippen molar-refractivity contribution in [1.29, 1.82) is 0 Å². The summed E-state index contributed by atoms with van der Waals surface area (Å²) in [6, 6.07) is 7.67. The molecule has 2 aromatic rings. The first-order chi connectivity index (χ1) is 11.1. The molecule has 6 nitrogen and oxygen atoms in total. The van der Waals surface area contributed by atoms with Crippen molar-refractivity contribution in [3.8, 4) is 5.75 Å². The second-order valence-corrected chi connectivity index (χ2v) is 5.89. The van der Waals surface area contributed by atoms with E-state index in [4.69, 9.17) is 9.84 Å². The smallest absolute Gasteiger partial charge is 0.308 e. The van der Waals surface area contributed by atoms with Gasteiger partial charge in [0, 0.05) is 30.2 Å². The van der Waals surface area contributed by atoms with E-state index in [2.05, 4.69) is 0 Å². The molecule has 23 heavy (non-hydrogen) atoms. The SMILES string of the molecule is COc1ccc2c(ccn2CC(=O)N2CCC[C@H](C(=O)O)C2)c1. The Morgan fingerprint density at radius 1 is 1.35 bits per heavy atom. The molecule has 3 rings (SSSR count). The van der Waals surface area contributed by atoms with Crippen molar-refractivity contribution < 1.29 is 19.4 Å². The van der Waals surface area contributed by atoms with Gasteiger partial charge in [-0.2, -0.15) is 0 Å². The fourth-order valence-corrected chi connectivity index (χ4v) is 3.09. The maximum Gasteiger partial charge on any atom is 0.308 e. The van der Waals surface area contributed by atoms with Gasteiger partial charge in [0.2, 0.25) is 5.91 Å². The van der Waals surface area contributed by atoms with E-state index in [0.717, 1.165) is 23.1 Å². The molecule has 1 fully saturated rings. The van der Waals surface area contributed by atoms with Crippen LogP contribution in [0.4, 0.5) is 0 Å². The number of carboxylic acids is 1. The molecule has 1 atom stereocenters. The van der Waals surface area contributed by atoms with Crippen molar-refractivity contribution in [2.24, 2.45) is 5.92 Å². The Bertz CT molecular complexity index is 737. The van der Waals surface area contributed by atoms with Gasteiger partial charge in [0.1, 0.15) is 12.3 Å². The van der Waals surface area contributed by atoms with Gasteiger partial charge in [-0.15, -0.1) is 0 Å².